The van der Waals surface area contributed by atoms with Crippen LogP contribution in [0.4, 0.5) is 10.3 Å². The monoisotopic (exact) mass is 306 g/mol. The summed E-state index contributed by atoms with van der Waals surface area (Å²) in [6, 6.07) is 14.8. The third kappa shape index (κ3) is 1.98. The molecule has 1 amide bonds. The third-order valence-electron chi connectivity index (χ3n) is 4.04. The van der Waals surface area contributed by atoms with Crippen LogP contribution in [0.3, 0.4) is 0 Å². The highest BCUT2D eigenvalue weighted by Gasteiger charge is 2.38. The minimum Gasteiger partial charge on any atom is -0.300 e. The van der Waals surface area contributed by atoms with Gasteiger partial charge in [0.15, 0.2) is 5.92 Å². The molecule has 6 heteroatoms. The summed E-state index contributed by atoms with van der Waals surface area (Å²) in [5.41, 5.74) is 2.07. The number of nitrogens with one attached hydrogen (secondary N) is 1. The van der Waals surface area contributed by atoms with E-state index in [4.69, 9.17) is 0 Å². The number of carbonyl (C=O) groups is 1. The zero-order chi connectivity index (χ0) is 16.0. The molecule has 0 saturated heterocycles. The molecule has 0 saturated carbocycles. The van der Waals surface area contributed by atoms with Gasteiger partial charge in [-0.05, 0) is 29.8 Å². The Balaban J connectivity index is 2.02. The molecular weight excluding hydrogens is 295 g/mol. The van der Waals surface area contributed by atoms with E-state index >= 15 is 0 Å². The number of hydrogen-bond acceptors (Lipinski definition) is 3. The summed E-state index contributed by atoms with van der Waals surface area (Å²) in [5.74, 6) is -1.42. The molecule has 0 aliphatic carbocycles. The van der Waals surface area contributed by atoms with Crippen LogP contribution in [-0.4, -0.2) is 15.5 Å². The minimum atomic E-state index is -0.957. The Bertz CT molecular complexity index is 972. The fourth-order valence-electron chi connectivity index (χ4n) is 3.06. The highest BCUT2D eigenvalue weighted by Crippen LogP contribution is 2.37. The number of nitriles is 1. The van der Waals surface area contributed by atoms with Crippen LogP contribution in [0.5, 0.6) is 0 Å². The maximum absolute atomic E-state index is 13.7. The number of anilines is 1. The molecule has 1 aromatic heterocycles. The lowest BCUT2D eigenvalue weighted by molar-refractivity contribution is -0.119. The van der Waals surface area contributed by atoms with Gasteiger partial charge in [0, 0.05) is 0 Å². The SMILES string of the molecule is N#CC1C(=O)Nc2nc3ccccc3n2C1c1cccc(F)c1. The molecule has 0 radical (unpaired) electrons. The van der Waals surface area contributed by atoms with Crippen LogP contribution >= 0.6 is 0 Å². The Kier molecular flexibility index (Phi) is 2.88. The number of aromatic nitrogens is 2. The van der Waals surface area contributed by atoms with Gasteiger partial charge in [0.1, 0.15) is 5.82 Å². The van der Waals surface area contributed by atoms with Gasteiger partial charge in [-0.1, -0.05) is 24.3 Å². The number of fused-ring (bicyclic) bond motifs is 3. The van der Waals surface area contributed by atoms with E-state index in [9.17, 15) is 14.4 Å². The Morgan fingerprint density at radius 3 is 2.83 bits per heavy atom. The van der Waals surface area contributed by atoms with Crippen LogP contribution in [-0.2, 0) is 4.79 Å². The summed E-state index contributed by atoms with van der Waals surface area (Å²) in [7, 11) is 0. The first-order chi connectivity index (χ1) is 11.2. The van der Waals surface area contributed by atoms with Crippen molar-refractivity contribution in [1.29, 1.82) is 5.26 Å². The highest BCUT2D eigenvalue weighted by molar-refractivity contribution is 5.97. The summed E-state index contributed by atoms with van der Waals surface area (Å²) in [4.78, 5) is 16.7. The number of hydrogen-bond donors (Lipinski definition) is 1. The first-order valence-electron chi connectivity index (χ1n) is 7.12. The van der Waals surface area contributed by atoms with Crippen LogP contribution in [0.15, 0.2) is 48.5 Å². The molecule has 2 atom stereocenters. The Hall–Kier alpha value is -3.20. The van der Waals surface area contributed by atoms with Gasteiger partial charge in [0.05, 0.1) is 23.1 Å². The van der Waals surface area contributed by atoms with Gasteiger partial charge in [0.2, 0.25) is 11.9 Å². The topological polar surface area (TPSA) is 70.7 Å². The maximum atomic E-state index is 13.7. The highest BCUT2D eigenvalue weighted by atomic mass is 19.1. The van der Waals surface area contributed by atoms with E-state index in [1.54, 1.807) is 16.7 Å². The zero-order valence-corrected chi connectivity index (χ0v) is 11.9. The van der Waals surface area contributed by atoms with E-state index < -0.39 is 23.7 Å². The molecule has 4 rings (SSSR count). The number of imidazole rings is 1. The lowest BCUT2D eigenvalue weighted by Crippen LogP contribution is -2.37. The fourth-order valence-corrected chi connectivity index (χ4v) is 3.06. The zero-order valence-electron chi connectivity index (χ0n) is 11.9. The Morgan fingerprint density at radius 2 is 2.04 bits per heavy atom. The second-order valence-electron chi connectivity index (χ2n) is 5.39. The molecule has 0 spiro atoms. The summed E-state index contributed by atoms with van der Waals surface area (Å²) < 4.78 is 15.4. The fraction of sp³-hybridized carbons (Fsp3) is 0.118. The molecule has 3 aromatic rings. The van der Waals surface area contributed by atoms with Gasteiger partial charge >= 0.3 is 0 Å². The van der Waals surface area contributed by atoms with Crippen molar-refractivity contribution in [2.75, 3.05) is 5.32 Å². The minimum absolute atomic E-state index is 0.372. The number of amides is 1. The van der Waals surface area contributed by atoms with Gasteiger partial charge in [-0.25, -0.2) is 9.37 Å². The van der Waals surface area contributed by atoms with Crippen LogP contribution in [0.25, 0.3) is 11.0 Å². The van der Waals surface area contributed by atoms with Crippen molar-refractivity contribution in [3.63, 3.8) is 0 Å². The van der Waals surface area contributed by atoms with Crippen molar-refractivity contribution in [2.45, 2.75) is 6.04 Å². The van der Waals surface area contributed by atoms with Crippen LogP contribution in [0, 0.1) is 23.1 Å². The second kappa shape index (κ2) is 4.92. The molecule has 1 aliphatic rings. The lowest BCUT2D eigenvalue weighted by atomic mass is 9.91. The summed E-state index contributed by atoms with van der Waals surface area (Å²) >= 11 is 0. The average Bonchev–Trinajstić information content (AvgIpc) is 2.91. The number of halogens is 1. The van der Waals surface area contributed by atoms with Crippen LogP contribution in [0.1, 0.15) is 11.6 Å². The second-order valence-corrected chi connectivity index (χ2v) is 5.39. The summed E-state index contributed by atoms with van der Waals surface area (Å²) in [5, 5.41) is 12.1. The molecule has 1 aliphatic heterocycles. The molecule has 0 fully saturated rings. The van der Waals surface area contributed by atoms with E-state index in [0.29, 0.717) is 17.0 Å². The van der Waals surface area contributed by atoms with Gasteiger partial charge in [-0.3, -0.25) is 10.1 Å². The third-order valence-corrected chi connectivity index (χ3v) is 4.04. The van der Waals surface area contributed by atoms with E-state index in [1.807, 2.05) is 30.3 Å². The predicted octanol–water partition coefficient (Wildman–Crippen LogP) is 2.86. The maximum Gasteiger partial charge on any atom is 0.246 e. The molecule has 2 unspecified atom stereocenters. The number of benzene rings is 2. The molecule has 1 N–H and O–H groups in total. The van der Waals surface area contributed by atoms with Gasteiger partial charge in [-0.2, -0.15) is 5.26 Å². The summed E-state index contributed by atoms with van der Waals surface area (Å²) in [6.45, 7) is 0. The molecule has 0 bridgehead atoms. The Morgan fingerprint density at radius 1 is 1.22 bits per heavy atom. The van der Waals surface area contributed by atoms with Crippen molar-refractivity contribution in [3.8, 4) is 6.07 Å². The smallest absolute Gasteiger partial charge is 0.246 e. The number of carbonyl (C=O) groups excluding carboxylic acids is 1. The standard InChI is InChI=1S/C17H11FN4O/c18-11-5-3-4-10(8-11)15-12(9-19)16(23)21-17-20-13-6-1-2-7-14(13)22(15)17/h1-8,12,15H,(H,20,21,23). The normalized spacial score (nSPS) is 19.9. The van der Waals surface area contributed by atoms with E-state index in [1.165, 1.54) is 12.1 Å². The largest absolute Gasteiger partial charge is 0.300 e. The molecule has 2 heterocycles. The lowest BCUT2D eigenvalue weighted by Gasteiger charge is -2.29. The van der Waals surface area contributed by atoms with E-state index in [-0.39, 0.29) is 0 Å². The molecule has 5 nitrogen and oxygen atoms in total. The van der Waals surface area contributed by atoms with E-state index in [2.05, 4.69) is 10.3 Å². The molecule has 23 heavy (non-hydrogen) atoms. The van der Waals surface area contributed by atoms with Crippen molar-refractivity contribution in [2.24, 2.45) is 5.92 Å². The number of nitrogens with zero attached hydrogens (tertiary/aromatic N) is 3. The molecule has 112 valence electrons. The quantitative estimate of drug-likeness (QED) is 0.751. The summed E-state index contributed by atoms with van der Waals surface area (Å²) in [6.07, 6.45) is 0. The number of para-hydroxylation sites is 2. The van der Waals surface area contributed by atoms with Crippen molar-refractivity contribution in [3.05, 3.63) is 59.9 Å². The predicted molar refractivity (Wildman–Crippen MR) is 82.0 cm³/mol. The Labute approximate surface area is 131 Å². The van der Waals surface area contributed by atoms with Gasteiger partial charge in [0.25, 0.3) is 0 Å². The first kappa shape index (κ1) is 13.5. The van der Waals surface area contributed by atoms with Crippen molar-refractivity contribution in [1.82, 2.24) is 9.55 Å². The van der Waals surface area contributed by atoms with E-state index in [0.717, 1.165) is 5.52 Å². The van der Waals surface area contributed by atoms with Crippen molar-refractivity contribution < 1.29 is 9.18 Å². The van der Waals surface area contributed by atoms with Crippen LogP contribution in [0.2, 0.25) is 0 Å². The first-order valence-corrected chi connectivity index (χ1v) is 7.12. The van der Waals surface area contributed by atoms with Gasteiger partial charge < -0.3 is 4.57 Å². The number of rotatable bonds is 1. The van der Waals surface area contributed by atoms with Gasteiger partial charge in [-0.15, -0.1) is 0 Å². The molecular formula is C17H11FN4O. The van der Waals surface area contributed by atoms with Crippen molar-refractivity contribution >= 4 is 22.9 Å². The molecule has 2 aromatic carbocycles. The average molecular weight is 306 g/mol. The van der Waals surface area contributed by atoms with Crippen LogP contribution < -0.4 is 5.32 Å².